The van der Waals surface area contributed by atoms with Crippen LogP contribution >= 0.6 is 0 Å². The van der Waals surface area contributed by atoms with Gasteiger partial charge in [-0.3, -0.25) is 9.59 Å². The van der Waals surface area contributed by atoms with Crippen LogP contribution < -0.4 is 0 Å². The van der Waals surface area contributed by atoms with Crippen LogP contribution in [0.4, 0.5) is 0 Å². The number of ketones is 2. The second kappa shape index (κ2) is 5.27. The maximum Gasteiger partial charge on any atom is 0.221 e. The van der Waals surface area contributed by atoms with Crippen molar-refractivity contribution in [1.82, 2.24) is 0 Å². The molecule has 0 radical (unpaired) electrons. The highest BCUT2D eigenvalue weighted by atomic mass is 16.4. The van der Waals surface area contributed by atoms with Crippen LogP contribution in [0, 0.1) is 40.4 Å². The van der Waals surface area contributed by atoms with E-state index in [0.29, 0.717) is 17.3 Å². The third-order valence-corrected chi connectivity index (χ3v) is 8.11. The minimum atomic E-state index is -0.634. The van der Waals surface area contributed by atoms with Crippen molar-refractivity contribution in [3.63, 3.8) is 0 Å². The normalized spacial score (nSPS) is 50.7. The van der Waals surface area contributed by atoms with Gasteiger partial charge < -0.3 is 5.21 Å². The van der Waals surface area contributed by atoms with Crippen molar-refractivity contribution >= 4 is 17.8 Å². The van der Waals surface area contributed by atoms with Gasteiger partial charge in [-0.15, -0.1) is 5.16 Å². The summed E-state index contributed by atoms with van der Waals surface area (Å²) in [5.41, 5.74) is -0.243. The molecule has 0 spiro atoms. The van der Waals surface area contributed by atoms with E-state index in [4.69, 9.17) is 5.21 Å². The van der Waals surface area contributed by atoms with Crippen LogP contribution in [0.2, 0.25) is 0 Å². The topological polar surface area (TPSA) is 66.7 Å². The van der Waals surface area contributed by atoms with Crippen molar-refractivity contribution in [2.24, 2.45) is 45.6 Å². The average molecular weight is 329 g/mol. The first-order valence-corrected chi connectivity index (χ1v) is 9.36. The number of oxime groups is 1. The number of hydrogen-bond acceptors (Lipinski definition) is 4. The fourth-order valence-corrected chi connectivity index (χ4v) is 6.94. The van der Waals surface area contributed by atoms with Gasteiger partial charge in [0.2, 0.25) is 11.6 Å². The van der Waals surface area contributed by atoms with E-state index in [2.05, 4.69) is 12.1 Å². The lowest BCUT2D eigenvalue weighted by atomic mass is 9.44. The Kier molecular flexibility index (Phi) is 3.52. The molecule has 0 bridgehead atoms. The van der Waals surface area contributed by atoms with E-state index in [1.807, 2.05) is 13.0 Å². The number of carbonyl (C=O) groups is 2. The number of carbonyl (C=O) groups excluding carboxylic acids is 2. The van der Waals surface area contributed by atoms with Crippen LogP contribution in [0.5, 0.6) is 0 Å². The van der Waals surface area contributed by atoms with Gasteiger partial charge in [0.1, 0.15) is 0 Å². The monoisotopic (exact) mass is 329 g/mol. The first-order chi connectivity index (χ1) is 11.4. The predicted octanol–water partition coefficient (Wildman–Crippen LogP) is 3.63. The maximum absolute atomic E-state index is 13.0. The molecule has 0 aromatic rings. The second-order valence-corrected chi connectivity index (χ2v) is 8.99. The molecule has 0 amide bonds. The molecule has 1 N–H and O–H groups in total. The van der Waals surface area contributed by atoms with Crippen molar-refractivity contribution in [2.75, 3.05) is 0 Å². The van der Waals surface area contributed by atoms with Crippen LogP contribution in [0.15, 0.2) is 17.3 Å². The van der Waals surface area contributed by atoms with E-state index in [0.717, 1.165) is 12.8 Å². The summed E-state index contributed by atoms with van der Waals surface area (Å²) in [7, 11) is 0. The zero-order chi connectivity index (χ0) is 17.1. The molecule has 0 aromatic carbocycles. The number of rotatable bonds is 1. The first kappa shape index (κ1) is 16.0. The molecule has 0 heterocycles. The minimum Gasteiger partial charge on any atom is -0.411 e. The molecule has 24 heavy (non-hydrogen) atoms. The van der Waals surface area contributed by atoms with Gasteiger partial charge in [-0.2, -0.15) is 0 Å². The molecule has 0 saturated heterocycles. The molecule has 130 valence electrons. The lowest BCUT2D eigenvalue weighted by molar-refractivity contribution is -0.156. The van der Waals surface area contributed by atoms with Crippen LogP contribution in [-0.4, -0.2) is 23.0 Å². The van der Waals surface area contributed by atoms with Gasteiger partial charge in [0.05, 0.1) is 0 Å². The maximum atomic E-state index is 13.0. The molecule has 4 heteroatoms. The molecule has 0 aromatic heterocycles. The van der Waals surface area contributed by atoms with Crippen molar-refractivity contribution in [3.8, 4) is 0 Å². The highest BCUT2D eigenvalue weighted by Crippen LogP contribution is 2.65. The van der Waals surface area contributed by atoms with E-state index in [9.17, 15) is 9.59 Å². The van der Waals surface area contributed by atoms with Gasteiger partial charge in [-0.25, -0.2) is 0 Å². The predicted molar refractivity (Wildman–Crippen MR) is 90.8 cm³/mol. The van der Waals surface area contributed by atoms with E-state index >= 15 is 0 Å². The quantitative estimate of drug-likeness (QED) is 0.346. The summed E-state index contributed by atoms with van der Waals surface area (Å²) in [6.45, 7) is 4.42. The van der Waals surface area contributed by atoms with Gasteiger partial charge in [0, 0.05) is 17.5 Å². The summed E-state index contributed by atoms with van der Waals surface area (Å²) in [5.74, 6) is 0.819. The lowest BCUT2D eigenvalue weighted by Crippen LogP contribution is -2.59. The van der Waals surface area contributed by atoms with Crippen LogP contribution in [-0.2, 0) is 9.59 Å². The molecular weight excluding hydrogens is 302 g/mol. The summed E-state index contributed by atoms with van der Waals surface area (Å²) < 4.78 is 0. The van der Waals surface area contributed by atoms with Crippen molar-refractivity contribution in [2.45, 2.75) is 52.4 Å². The molecule has 7 atom stereocenters. The van der Waals surface area contributed by atoms with Crippen LogP contribution in [0.3, 0.4) is 0 Å². The van der Waals surface area contributed by atoms with E-state index in [1.165, 1.54) is 31.8 Å². The van der Waals surface area contributed by atoms with Gasteiger partial charge in [-0.05, 0) is 67.3 Å². The van der Waals surface area contributed by atoms with Crippen molar-refractivity contribution in [1.29, 1.82) is 0 Å². The van der Waals surface area contributed by atoms with Crippen molar-refractivity contribution < 1.29 is 14.8 Å². The smallest absolute Gasteiger partial charge is 0.221 e. The molecule has 2 unspecified atom stereocenters. The molecule has 4 rings (SSSR count). The van der Waals surface area contributed by atoms with Crippen molar-refractivity contribution in [3.05, 3.63) is 12.2 Å². The molecule has 4 aliphatic carbocycles. The molecule has 0 aliphatic heterocycles. The first-order valence-electron chi connectivity index (χ1n) is 9.36. The third-order valence-electron chi connectivity index (χ3n) is 8.11. The number of hydrogen-bond donors (Lipinski definition) is 1. The molecular formula is C20H27NO3. The average Bonchev–Trinajstić information content (AvgIpc) is 2.94. The van der Waals surface area contributed by atoms with Crippen LogP contribution in [0.25, 0.3) is 0 Å². The van der Waals surface area contributed by atoms with E-state index in [1.54, 1.807) is 6.21 Å². The Morgan fingerprint density at radius 2 is 2.00 bits per heavy atom. The van der Waals surface area contributed by atoms with Gasteiger partial charge in [-0.1, -0.05) is 26.3 Å². The highest BCUT2D eigenvalue weighted by molar-refractivity contribution is 6.44. The summed E-state index contributed by atoms with van der Waals surface area (Å²) in [5, 5.41) is 12.4. The summed E-state index contributed by atoms with van der Waals surface area (Å²) in [4.78, 5) is 25.1. The number of nitrogens with zero attached hydrogens (tertiary/aromatic N) is 1. The Morgan fingerprint density at radius 1 is 1.21 bits per heavy atom. The third kappa shape index (κ3) is 1.94. The number of allylic oxidation sites excluding steroid dienone is 2. The zero-order valence-corrected chi connectivity index (χ0v) is 14.6. The lowest BCUT2D eigenvalue weighted by Gasteiger charge is -2.59. The fourth-order valence-electron chi connectivity index (χ4n) is 6.94. The summed E-state index contributed by atoms with van der Waals surface area (Å²) in [6, 6.07) is 0. The van der Waals surface area contributed by atoms with Gasteiger partial charge in [0.15, 0.2) is 0 Å². The minimum absolute atomic E-state index is 0.0226. The Labute approximate surface area is 143 Å². The standard InChI is InChI=1S/C20H27NO3/c1-19-8-3-4-15(19)13-10-12(11-21-24)14-5-6-17(22)18(23)20(14,2)16(13)7-9-19/h5-6,11-16,24H,3-4,7-10H2,1-2H3/b21-11-/t12?,13-,14?,15-,16-,19-,20-/m0/s1. The highest BCUT2D eigenvalue weighted by Gasteiger charge is 2.62. The van der Waals surface area contributed by atoms with Crippen LogP contribution in [0.1, 0.15) is 52.4 Å². The number of Topliss-reactive ketones (excluding diaryl/α,β-unsaturated/α-hetero) is 1. The fraction of sp³-hybridized carbons (Fsp3) is 0.750. The zero-order valence-electron chi connectivity index (χ0n) is 14.6. The molecule has 3 fully saturated rings. The summed E-state index contributed by atoms with van der Waals surface area (Å²) in [6.07, 6.45) is 11.9. The SMILES string of the molecule is C[C@@]12CCC[C@H]1[C@@H]1CC(/C=N\O)C3C=CC(=O)C(=O)[C@]3(C)[C@H]1CC2. The Balaban J connectivity index is 1.80. The molecule has 4 nitrogen and oxygen atoms in total. The number of fused-ring (bicyclic) bond motifs is 5. The largest absolute Gasteiger partial charge is 0.411 e. The molecule has 4 aliphatic rings. The Hall–Kier alpha value is -1.45. The second-order valence-electron chi connectivity index (χ2n) is 8.99. The summed E-state index contributed by atoms with van der Waals surface area (Å²) >= 11 is 0. The molecule has 3 saturated carbocycles. The Bertz CT molecular complexity index is 639. The van der Waals surface area contributed by atoms with Gasteiger partial charge >= 0.3 is 0 Å². The van der Waals surface area contributed by atoms with Gasteiger partial charge in [0.25, 0.3) is 0 Å². The van der Waals surface area contributed by atoms with E-state index in [-0.39, 0.29) is 29.3 Å². The Morgan fingerprint density at radius 3 is 2.75 bits per heavy atom. The van der Waals surface area contributed by atoms with E-state index < -0.39 is 5.41 Å².